The van der Waals surface area contributed by atoms with Crippen molar-refractivity contribution in [3.05, 3.63) is 70.5 Å². The van der Waals surface area contributed by atoms with Crippen molar-refractivity contribution in [2.45, 2.75) is 18.3 Å². The molecule has 1 saturated heterocycles. The fraction of sp³-hybridized carbons (Fsp3) is 0.208. The number of nitrogens with one attached hydrogen (secondary N) is 4. The van der Waals surface area contributed by atoms with Gasteiger partial charge in [-0.1, -0.05) is 30.3 Å². The number of fused-ring (bicyclic) bond motifs is 1. The van der Waals surface area contributed by atoms with Gasteiger partial charge >= 0.3 is 12.2 Å². The number of aromatic amines is 1. The molecule has 0 aliphatic carbocycles. The van der Waals surface area contributed by atoms with E-state index in [1.54, 1.807) is 18.2 Å². The van der Waals surface area contributed by atoms with Crippen molar-refractivity contribution >= 4 is 24.1 Å². The van der Waals surface area contributed by atoms with Crippen LogP contribution in [0.4, 0.5) is 18.0 Å². The average Bonchev–Trinajstić information content (AvgIpc) is 3.53. The highest BCUT2D eigenvalue weighted by Gasteiger charge is 2.50. The standard InChI is InChI=1S/C24H19F3N6O4/c1-37-15-7-4-13-10-33(20(34)16(13)8-15)11-23(21(35)29-22(36)30-23)14-5-2-12(3-6-14)18-17(9-28)31-32-19(18)24(25,26)27/h2-9,28H,10-11H2,1H3,(H,31,32)(H2,29,30,35,36)/t23-/m0/s1. The summed E-state index contributed by atoms with van der Waals surface area (Å²) in [6.45, 7) is -0.0290. The minimum Gasteiger partial charge on any atom is -0.497 e. The smallest absolute Gasteiger partial charge is 0.435 e. The van der Waals surface area contributed by atoms with Gasteiger partial charge in [-0.05, 0) is 28.8 Å². The van der Waals surface area contributed by atoms with Crippen LogP contribution >= 0.6 is 0 Å². The molecule has 3 heterocycles. The molecule has 1 fully saturated rings. The van der Waals surface area contributed by atoms with E-state index in [4.69, 9.17) is 10.1 Å². The third-order valence-corrected chi connectivity index (χ3v) is 6.44. The minimum absolute atomic E-state index is 0.0972. The van der Waals surface area contributed by atoms with Gasteiger partial charge < -0.3 is 20.4 Å². The summed E-state index contributed by atoms with van der Waals surface area (Å²) in [5.74, 6) is -0.568. The maximum atomic E-state index is 13.5. The van der Waals surface area contributed by atoms with E-state index in [0.717, 1.165) is 11.8 Å². The van der Waals surface area contributed by atoms with Crippen LogP contribution in [0.15, 0.2) is 42.5 Å². The number of nitrogens with zero attached hydrogens (tertiary/aromatic N) is 2. The lowest BCUT2D eigenvalue weighted by Crippen LogP contribution is -2.52. The van der Waals surface area contributed by atoms with Crippen molar-refractivity contribution in [1.82, 2.24) is 25.7 Å². The zero-order chi connectivity index (χ0) is 26.5. The lowest BCUT2D eigenvalue weighted by atomic mass is 9.87. The van der Waals surface area contributed by atoms with Crippen LogP contribution in [0.2, 0.25) is 0 Å². The number of H-pyrrole nitrogens is 1. The molecule has 4 amide bonds. The van der Waals surface area contributed by atoms with Crippen molar-refractivity contribution in [2.24, 2.45) is 0 Å². The van der Waals surface area contributed by atoms with Gasteiger partial charge in [-0.15, -0.1) is 0 Å². The number of halogens is 3. The van der Waals surface area contributed by atoms with Gasteiger partial charge in [-0.3, -0.25) is 20.0 Å². The van der Waals surface area contributed by atoms with Gasteiger partial charge in [-0.25, -0.2) is 4.79 Å². The molecule has 10 nitrogen and oxygen atoms in total. The molecule has 2 aliphatic rings. The van der Waals surface area contributed by atoms with E-state index in [9.17, 15) is 27.6 Å². The second-order valence-electron chi connectivity index (χ2n) is 8.58. The monoisotopic (exact) mass is 512 g/mol. The van der Waals surface area contributed by atoms with Gasteiger partial charge in [0.15, 0.2) is 11.2 Å². The second-order valence-corrected chi connectivity index (χ2v) is 8.58. The molecule has 2 aromatic carbocycles. The number of benzene rings is 2. The number of hydrogen-bond acceptors (Lipinski definition) is 6. The zero-order valence-electron chi connectivity index (χ0n) is 19.2. The van der Waals surface area contributed by atoms with Crippen molar-refractivity contribution < 1.29 is 32.3 Å². The summed E-state index contributed by atoms with van der Waals surface area (Å²) in [6.07, 6.45) is -4.04. The summed E-state index contributed by atoms with van der Waals surface area (Å²) >= 11 is 0. The van der Waals surface area contributed by atoms with Gasteiger partial charge in [0.05, 0.1) is 19.3 Å². The molecule has 5 rings (SSSR count). The van der Waals surface area contributed by atoms with E-state index in [1.165, 1.54) is 36.3 Å². The second kappa shape index (κ2) is 8.47. The fourth-order valence-electron chi connectivity index (χ4n) is 4.66. The molecular weight excluding hydrogens is 493 g/mol. The molecule has 37 heavy (non-hydrogen) atoms. The van der Waals surface area contributed by atoms with Crippen molar-refractivity contribution in [1.29, 1.82) is 5.41 Å². The number of rotatable bonds is 6. The largest absolute Gasteiger partial charge is 0.497 e. The molecule has 13 heteroatoms. The molecule has 190 valence electrons. The first kappa shape index (κ1) is 24.0. The van der Waals surface area contributed by atoms with Gasteiger partial charge in [-0.2, -0.15) is 18.3 Å². The summed E-state index contributed by atoms with van der Waals surface area (Å²) in [6, 6.07) is 9.76. The number of urea groups is 1. The van der Waals surface area contributed by atoms with E-state index < -0.39 is 29.3 Å². The van der Waals surface area contributed by atoms with Crippen LogP contribution in [0.3, 0.4) is 0 Å². The first-order chi connectivity index (χ1) is 17.6. The predicted octanol–water partition coefficient (Wildman–Crippen LogP) is 2.79. The maximum Gasteiger partial charge on any atom is 0.435 e. The number of ether oxygens (including phenoxy) is 1. The summed E-state index contributed by atoms with van der Waals surface area (Å²) in [5.41, 5.74) is -1.83. The Morgan fingerprint density at radius 3 is 2.49 bits per heavy atom. The number of methoxy groups -OCH3 is 1. The number of hydrogen-bond donors (Lipinski definition) is 4. The first-order valence-electron chi connectivity index (χ1n) is 10.9. The first-order valence-corrected chi connectivity index (χ1v) is 10.9. The van der Waals surface area contributed by atoms with Crippen LogP contribution in [0, 0.1) is 5.41 Å². The molecule has 0 radical (unpaired) electrons. The lowest BCUT2D eigenvalue weighted by molar-refractivity contribution is -0.140. The minimum atomic E-state index is -4.76. The number of carbonyl (C=O) groups is 3. The molecular formula is C24H19F3N6O4. The summed E-state index contributed by atoms with van der Waals surface area (Å²) in [5, 5.41) is 17.7. The Hall–Kier alpha value is -4.68. The van der Waals surface area contributed by atoms with Crippen molar-refractivity contribution in [2.75, 3.05) is 13.7 Å². The van der Waals surface area contributed by atoms with Gasteiger partial charge in [0.25, 0.3) is 11.8 Å². The van der Waals surface area contributed by atoms with Crippen LogP contribution in [-0.4, -0.2) is 52.8 Å². The predicted molar refractivity (Wildman–Crippen MR) is 123 cm³/mol. The Labute approximate surface area is 207 Å². The van der Waals surface area contributed by atoms with Gasteiger partial charge in [0, 0.05) is 23.9 Å². The summed E-state index contributed by atoms with van der Waals surface area (Å²) in [4.78, 5) is 39.7. The normalized spacial score (nSPS) is 19.0. The Bertz CT molecular complexity index is 1450. The van der Waals surface area contributed by atoms with E-state index in [1.807, 2.05) is 0 Å². The molecule has 3 aromatic rings. The molecule has 1 aromatic heterocycles. The third-order valence-electron chi connectivity index (χ3n) is 6.44. The van der Waals surface area contributed by atoms with Crippen LogP contribution in [0.1, 0.15) is 32.9 Å². The number of amides is 4. The van der Waals surface area contributed by atoms with Crippen molar-refractivity contribution in [3.8, 4) is 16.9 Å². The molecule has 0 saturated carbocycles. The number of aromatic nitrogens is 2. The number of alkyl halides is 3. The number of carbonyl (C=O) groups excluding carboxylic acids is 3. The van der Waals surface area contributed by atoms with Crippen LogP contribution in [-0.2, 0) is 23.1 Å². The van der Waals surface area contributed by atoms with Crippen LogP contribution in [0.25, 0.3) is 11.1 Å². The molecule has 1 atom stereocenters. The zero-order valence-corrected chi connectivity index (χ0v) is 19.2. The van der Waals surface area contributed by atoms with Gasteiger partial charge in [0.1, 0.15) is 5.75 Å². The lowest BCUT2D eigenvalue weighted by Gasteiger charge is -2.31. The molecule has 0 bridgehead atoms. The molecule has 2 aliphatic heterocycles. The summed E-state index contributed by atoms with van der Waals surface area (Å²) in [7, 11) is 1.47. The highest BCUT2D eigenvalue weighted by molar-refractivity contribution is 6.08. The number of imide groups is 1. The third kappa shape index (κ3) is 3.88. The van der Waals surface area contributed by atoms with E-state index >= 15 is 0 Å². The summed E-state index contributed by atoms with van der Waals surface area (Å²) < 4.78 is 45.6. The SMILES string of the molecule is COc1ccc2c(c1)C(=O)N(C[C@@]1(c3ccc(-c4c(C(F)(F)F)n[nH]c4C=N)cc3)NC(=O)NC1=O)C2. The van der Waals surface area contributed by atoms with E-state index in [2.05, 4.69) is 20.8 Å². The highest BCUT2D eigenvalue weighted by atomic mass is 19.4. The topological polar surface area (TPSA) is 140 Å². The van der Waals surface area contributed by atoms with Crippen molar-refractivity contribution in [3.63, 3.8) is 0 Å². The van der Waals surface area contributed by atoms with Crippen LogP contribution < -0.4 is 15.4 Å². The van der Waals surface area contributed by atoms with E-state index in [0.29, 0.717) is 11.3 Å². The van der Waals surface area contributed by atoms with E-state index in [-0.39, 0.29) is 41.4 Å². The average molecular weight is 512 g/mol. The Balaban J connectivity index is 1.51. The fourth-order valence-corrected chi connectivity index (χ4v) is 4.66. The van der Waals surface area contributed by atoms with Gasteiger partial charge in [0.2, 0.25) is 0 Å². The van der Waals surface area contributed by atoms with Crippen LogP contribution in [0.5, 0.6) is 5.75 Å². The Morgan fingerprint density at radius 2 is 1.89 bits per heavy atom. The Morgan fingerprint density at radius 1 is 1.16 bits per heavy atom. The quantitative estimate of drug-likeness (QED) is 0.297. The Kier molecular flexibility index (Phi) is 5.50. The molecule has 0 spiro atoms. The highest BCUT2D eigenvalue weighted by Crippen LogP contribution is 2.38. The molecule has 0 unspecified atom stereocenters. The molecule has 4 N–H and O–H groups in total. The maximum absolute atomic E-state index is 13.5.